The number of ether oxygens (including phenoxy) is 2. The summed E-state index contributed by atoms with van der Waals surface area (Å²) in [7, 11) is 3.25. The van der Waals surface area contributed by atoms with Gasteiger partial charge >= 0.3 is 0 Å². The first-order chi connectivity index (χ1) is 12.2. The second kappa shape index (κ2) is 8.89. The Morgan fingerprint density at radius 2 is 1.96 bits per heavy atom. The number of aromatic nitrogens is 1. The molecular weight excluding hydrogens is 316 g/mol. The van der Waals surface area contributed by atoms with Gasteiger partial charge in [-0.1, -0.05) is 38.1 Å². The maximum absolute atomic E-state index is 12.4. The van der Waals surface area contributed by atoms with Gasteiger partial charge in [0.25, 0.3) is 5.91 Å². The average Bonchev–Trinajstić information content (AvgIpc) is 3.22. The van der Waals surface area contributed by atoms with Crippen LogP contribution in [0, 0.1) is 0 Å². The Kier molecular flexibility index (Phi) is 6.60. The van der Waals surface area contributed by atoms with Crippen LogP contribution >= 0.6 is 0 Å². The van der Waals surface area contributed by atoms with Gasteiger partial charge in [-0.05, 0) is 23.8 Å². The highest BCUT2D eigenvalue weighted by Crippen LogP contribution is 2.37. The van der Waals surface area contributed by atoms with Gasteiger partial charge in [0, 0.05) is 24.6 Å². The smallest absolute Gasteiger partial charge is 0.256 e. The van der Waals surface area contributed by atoms with Gasteiger partial charge in [0.1, 0.15) is 5.75 Å². The zero-order valence-corrected chi connectivity index (χ0v) is 15.1. The van der Waals surface area contributed by atoms with Gasteiger partial charge in [-0.25, -0.2) is 0 Å². The molecule has 2 heterocycles. The molecule has 2 N–H and O–H groups in total. The lowest BCUT2D eigenvalue weighted by Crippen LogP contribution is -2.03. The first kappa shape index (κ1) is 18.5. The Bertz CT molecular complexity index is 788. The molecule has 1 aliphatic heterocycles. The summed E-state index contributed by atoms with van der Waals surface area (Å²) in [6.45, 7) is 4.52. The van der Waals surface area contributed by atoms with Gasteiger partial charge < -0.3 is 19.8 Å². The van der Waals surface area contributed by atoms with Crippen LogP contribution in [0.15, 0.2) is 36.5 Å². The van der Waals surface area contributed by atoms with Crippen molar-refractivity contribution in [2.45, 2.75) is 13.8 Å². The number of carbonyl (C=O) groups excluding carboxylic acids is 1. The zero-order valence-electron chi connectivity index (χ0n) is 15.1. The predicted molar refractivity (Wildman–Crippen MR) is 103 cm³/mol. The van der Waals surface area contributed by atoms with E-state index in [0.717, 1.165) is 22.5 Å². The number of hydrogen-bond acceptors (Lipinski definition) is 3. The van der Waals surface area contributed by atoms with E-state index in [2.05, 4.69) is 10.3 Å². The molecule has 5 nitrogen and oxygen atoms in total. The maximum atomic E-state index is 12.4. The van der Waals surface area contributed by atoms with E-state index in [0.29, 0.717) is 17.9 Å². The minimum absolute atomic E-state index is 0.121. The molecule has 0 unspecified atom stereocenters. The van der Waals surface area contributed by atoms with Crippen LogP contribution in [-0.4, -0.2) is 31.7 Å². The van der Waals surface area contributed by atoms with E-state index in [9.17, 15) is 4.79 Å². The normalized spacial score (nSPS) is 14.2. The topological polar surface area (TPSA) is 63.4 Å². The molecule has 0 spiro atoms. The molecular formula is C20H24N2O3. The van der Waals surface area contributed by atoms with E-state index in [1.807, 2.05) is 56.3 Å². The van der Waals surface area contributed by atoms with E-state index in [-0.39, 0.29) is 5.91 Å². The van der Waals surface area contributed by atoms with Crippen molar-refractivity contribution < 1.29 is 14.3 Å². The van der Waals surface area contributed by atoms with Crippen molar-refractivity contribution in [3.8, 4) is 5.75 Å². The van der Waals surface area contributed by atoms with Crippen molar-refractivity contribution in [1.82, 2.24) is 4.98 Å². The molecule has 0 saturated carbocycles. The highest BCUT2D eigenvalue weighted by molar-refractivity contribution is 6.35. The third-order valence-electron chi connectivity index (χ3n) is 3.67. The fourth-order valence-corrected chi connectivity index (χ4v) is 2.63. The predicted octanol–water partition coefficient (Wildman–Crippen LogP) is 4.20. The maximum Gasteiger partial charge on any atom is 0.256 e. The summed E-state index contributed by atoms with van der Waals surface area (Å²) < 4.78 is 10.3. The molecule has 5 heteroatoms. The van der Waals surface area contributed by atoms with Gasteiger partial charge in [-0.2, -0.15) is 0 Å². The summed E-state index contributed by atoms with van der Waals surface area (Å²) in [5.74, 6) is 0.579. The number of anilines is 1. The molecule has 25 heavy (non-hydrogen) atoms. The van der Waals surface area contributed by atoms with Crippen LogP contribution < -0.4 is 10.1 Å². The molecule has 1 amide bonds. The Morgan fingerprint density at radius 1 is 1.16 bits per heavy atom. The SMILES string of the molecule is CC.COCC=Cc1cccc2c1/C(=C/c1[nH]ccc1OC)C(=O)N2. The van der Waals surface area contributed by atoms with Crippen LogP contribution in [0.25, 0.3) is 17.7 Å². The van der Waals surface area contributed by atoms with Crippen LogP contribution in [0.3, 0.4) is 0 Å². The minimum atomic E-state index is -0.121. The third kappa shape index (κ3) is 4.00. The van der Waals surface area contributed by atoms with Crippen molar-refractivity contribution >= 4 is 29.3 Å². The monoisotopic (exact) mass is 340 g/mol. The molecule has 132 valence electrons. The number of benzene rings is 1. The third-order valence-corrected chi connectivity index (χ3v) is 3.67. The van der Waals surface area contributed by atoms with E-state index in [4.69, 9.17) is 9.47 Å². The summed E-state index contributed by atoms with van der Waals surface area (Å²) in [5, 5.41) is 2.90. The molecule has 2 aromatic rings. The van der Waals surface area contributed by atoms with Gasteiger partial charge in [0.15, 0.2) is 0 Å². The Labute approximate surface area is 148 Å². The molecule has 0 fully saturated rings. The number of aromatic amines is 1. The van der Waals surface area contributed by atoms with Crippen molar-refractivity contribution in [2.75, 3.05) is 26.1 Å². The quantitative estimate of drug-likeness (QED) is 0.802. The summed E-state index contributed by atoms with van der Waals surface area (Å²) in [6.07, 6.45) is 7.48. The van der Waals surface area contributed by atoms with Crippen molar-refractivity contribution in [1.29, 1.82) is 0 Å². The number of carbonyl (C=O) groups is 1. The second-order valence-corrected chi connectivity index (χ2v) is 5.10. The van der Waals surface area contributed by atoms with Gasteiger partial charge in [0.05, 0.1) is 25.0 Å². The molecule has 0 radical (unpaired) electrons. The molecule has 3 rings (SSSR count). The first-order valence-corrected chi connectivity index (χ1v) is 8.28. The van der Waals surface area contributed by atoms with Gasteiger partial charge in [-0.3, -0.25) is 4.79 Å². The number of fused-ring (bicyclic) bond motifs is 1. The molecule has 0 bridgehead atoms. The highest BCUT2D eigenvalue weighted by Gasteiger charge is 2.26. The number of amides is 1. The lowest BCUT2D eigenvalue weighted by Gasteiger charge is -2.04. The number of hydrogen-bond donors (Lipinski definition) is 2. The average molecular weight is 340 g/mol. The number of nitrogens with one attached hydrogen (secondary N) is 2. The molecule has 1 aliphatic rings. The van der Waals surface area contributed by atoms with Gasteiger partial charge in [-0.15, -0.1) is 0 Å². The Hall–Kier alpha value is -2.79. The standard InChI is InChI=1S/C18H18N2O3.C2H6/c1-22-10-4-6-12-5-3-7-14-17(12)13(18(21)20-14)11-15-16(23-2)8-9-19-15;1-2/h3-9,11,19H,10H2,1-2H3,(H,20,21);1-2H3/b6-4?,13-11-;. The summed E-state index contributed by atoms with van der Waals surface area (Å²) in [5.41, 5.74) is 4.04. The summed E-state index contributed by atoms with van der Waals surface area (Å²) in [4.78, 5) is 15.4. The Morgan fingerprint density at radius 3 is 2.68 bits per heavy atom. The van der Waals surface area contributed by atoms with E-state index in [1.165, 1.54) is 0 Å². The number of H-pyrrole nitrogens is 1. The summed E-state index contributed by atoms with van der Waals surface area (Å²) >= 11 is 0. The van der Waals surface area contributed by atoms with Crippen LogP contribution in [0.2, 0.25) is 0 Å². The fourth-order valence-electron chi connectivity index (χ4n) is 2.63. The summed E-state index contributed by atoms with van der Waals surface area (Å²) in [6, 6.07) is 7.62. The molecule has 0 aliphatic carbocycles. The second-order valence-electron chi connectivity index (χ2n) is 5.10. The molecule has 0 saturated heterocycles. The van der Waals surface area contributed by atoms with E-state index >= 15 is 0 Å². The van der Waals surface area contributed by atoms with Crippen molar-refractivity contribution in [3.05, 3.63) is 53.4 Å². The minimum Gasteiger partial charge on any atom is -0.495 e. The first-order valence-electron chi connectivity index (χ1n) is 8.28. The number of rotatable bonds is 5. The van der Waals surface area contributed by atoms with E-state index < -0.39 is 0 Å². The molecule has 1 aromatic heterocycles. The molecule has 0 atom stereocenters. The van der Waals surface area contributed by atoms with Crippen molar-refractivity contribution in [2.24, 2.45) is 0 Å². The van der Waals surface area contributed by atoms with Crippen LogP contribution in [0.5, 0.6) is 5.75 Å². The van der Waals surface area contributed by atoms with Crippen LogP contribution in [-0.2, 0) is 9.53 Å². The van der Waals surface area contributed by atoms with E-state index in [1.54, 1.807) is 20.4 Å². The largest absolute Gasteiger partial charge is 0.495 e. The van der Waals surface area contributed by atoms with Crippen LogP contribution in [0.4, 0.5) is 5.69 Å². The lowest BCUT2D eigenvalue weighted by molar-refractivity contribution is -0.110. The van der Waals surface area contributed by atoms with Crippen LogP contribution in [0.1, 0.15) is 30.7 Å². The lowest BCUT2D eigenvalue weighted by atomic mass is 9.99. The van der Waals surface area contributed by atoms with Gasteiger partial charge in [0.2, 0.25) is 0 Å². The Balaban J connectivity index is 0.00000109. The number of methoxy groups -OCH3 is 2. The zero-order chi connectivity index (χ0) is 18.2. The van der Waals surface area contributed by atoms with Crippen molar-refractivity contribution in [3.63, 3.8) is 0 Å². The molecule has 1 aromatic carbocycles. The highest BCUT2D eigenvalue weighted by atomic mass is 16.5. The fraction of sp³-hybridized carbons (Fsp3) is 0.250.